The van der Waals surface area contributed by atoms with E-state index in [4.69, 9.17) is 4.98 Å². The summed E-state index contributed by atoms with van der Waals surface area (Å²) < 4.78 is 0. The van der Waals surface area contributed by atoms with Crippen molar-refractivity contribution >= 4 is 22.8 Å². The van der Waals surface area contributed by atoms with Crippen LogP contribution in [0, 0.1) is 13.8 Å². The molecular weight excluding hydrogens is 216 g/mol. The van der Waals surface area contributed by atoms with Crippen LogP contribution in [0.5, 0.6) is 0 Å². The van der Waals surface area contributed by atoms with E-state index in [9.17, 15) is 0 Å². The molecule has 3 rings (SSSR count). The lowest BCUT2D eigenvalue weighted by atomic mass is 10.1. The van der Waals surface area contributed by atoms with Crippen molar-refractivity contribution in [3.8, 4) is 0 Å². The third-order valence-corrected chi connectivity index (χ3v) is 4.74. The molecule has 1 aliphatic heterocycles. The Kier molecular flexibility index (Phi) is 2.43. The zero-order valence-corrected chi connectivity index (χ0v) is 10.5. The molecule has 0 aliphatic carbocycles. The number of hydrogen-bond donors (Lipinski definition) is 1. The van der Waals surface area contributed by atoms with Crippen molar-refractivity contribution in [2.24, 2.45) is 0 Å². The monoisotopic (exact) mass is 232 g/mol. The summed E-state index contributed by atoms with van der Waals surface area (Å²) in [6, 6.07) is 4.39. The molecular formula is C13H16N2S. The van der Waals surface area contributed by atoms with Gasteiger partial charge in [0.15, 0.2) is 0 Å². The van der Waals surface area contributed by atoms with Crippen molar-refractivity contribution < 1.29 is 0 Å². The molecule has 1 saturated heterocycles. The van der Waals surface area contributed by atoms with Crippen LogP contribution in [0.2, 0.25) is 0 Å². The van der Waals surface area contributed by atoms with E-state index >= 15 is 0 Å². The average molecular weight is 232 g/mol. The Balaban J connectivity index is 2.08. The largest absolute Gasteiger partial charge is 0.341 e. The van der Waals surface area contributed by atoms with E-state index in [1.54, 1.807) is 0 Å². The van der Waals surface area contributed by atoms with Gasteiger partial charge in [-0.05, 0) is 55.7 Å². The van der Waals surface area contributed by atoms with Gasteiger partial charge < -0.3 is 4.98 Å². The number of imidazole rings is 1. The Morgan fingerprint density at radius 3 is 2.88 bits per heavy atom. The Morgan fingerprint density at radius 2 is 2.12 bits per heavy atom. The van der Waals surface area contributed by atoms with Gasteiger partial charge in [-0.2, -0.15) is 11.8 Å². The molecule has 16 heavy (non-hydrogen) atoms. The number of rotatable bonds is 1. The number of aromatic nitrogens is 2. The Bertz CT molecular complexity index is 485. The van der Waals surface area contributed by atoms with Crippen molar-refractivity contribution in [2.45, 2.75) is 31.9 Å². The molecule has 0 saturated carbocycles. The van der Waals surface area contributed by atoms with E-state index in [2.05, 4.69) is 31.0 Å². The third-order valence-electron chi connectivity index (χ3n) is 3.35. The smallest absolute Gasteiger partial charge is 0.120 e. The molecule has 0 amide bonds. The highest BCUT2D eigenvalue weighted by Crippen LogP contribution is 2.39. The van der Waals surface area contributed by atoms with Crippen molar-refractivity contribution in [3.63, 3.8) is 0 Å². The van der Waals surface area contributed by atoms with E-state index in [0.717, 1.165) is 5.52 Å². The molecule has 1 N–H and O–H groups in total. The van der Waals surface area contributed by atoms with Crippen molar-refractivity contribution in [1.29, 1.82) is 0 Å². The zero-order chi connectivity index (χ0) is 11.1. The van der Waals surface area contributed by atoms with Crippen molar-refractivity contribution in [1.82, 2.24) is 9.97 Å². The Hall–Kier alpha value is -0.960. The van der Waals surface area contributed by atoms with Gasteiger partial charge in [-0.3, -0.25) is 0 Å². The lowest BCUT2D eigenvalue weighted by Gasteiger charge is -2.01. The van der Waals surface area contributed by atoms with Gasteiger partial charge in [0.05, 0.1) is 16.3 Å². The number of benzene rings is 1. The maximum Gasteiger partial charge on any atom is 0.120 e. The van der Waals surface area contributed by atoms with E-state index < -0.39 is 0 Å². The van der Waals surface area contributed by atoms with Gasteiger partial charge in [0.1, 0.15) is 5.82 Å². The standard InChI is InChI=1S/C13H16N2S/c1-8-6-10-11(7-9(8)2)15-13(14-10)12-4-3-5-16-12/h6-7,12H,3-5H2,1-2H3,(H,14,15). The molecule has 0 bridgehead atoms. The summed E-state index contributed by atoms with van der Waals surface area (Å²) in [4.78, 5) is 8.19. The molecule has 2 aromatic rings. The highest BCUT2D eigenvalue weighted by Gasteiger charge is 2.20. The second kappa shape index (κ2) is 3.81. The summed E-state index contributed by atoms with van der Waals surface area (Å²) in [6.45, 7) is 4.30. The topological polar surface area (TPSA) is 28.7 Å². The summed E-state index contributed by atoms with van der Waals surface area (Å²) in [5.41, 5.74) is 4.96. The van der Waals surface area contributed by atoms with Gasteiger partial charge >= 0.3 is 0 Å². The number of fused-ring (bicyclic) bond motifs is 1. The number of nitrogens with one attached hydrogen (secondary N) is 1. The molecule has 1 atom stereocenters. The molecule has 1 aromatic heterocycles. The van der Waals surface area contributed by atoms with Crippen molar-refractivity contribution in [2.75, 3.05) is 5.75 Å². The molecule has 84 valence electrons. The maximum atomic E-state index is 4.72. The summed E-state index contributed by atoms with van der Waals surface area (Å²) in [5, 5.41) is 0.591. The van der Waals surface area contributed by atoms with Gasteiger partial charge in [-0.25, -0.2) is 4.98 Å². The van der Waals surface area contributed by atoms with Crippen LogP contribution < -0.4 is 0 Å². The van der Waals surface area contributed by atoms with Crippen LogP contribution in [0.15, 0.2) is 12.1 Å². The Labute approximate surface area is 99.8 Å². The molecule has 0 spiro atoms. The van der Waals surface area contributed by atoms with E-state index in [1.807, 2.05) is 11.8 Å². The minimum absolute atomic E-state index is 0.591. The SMILES string of the molecule is Cc1cc2nc(C3CCCS3)[nH]c2cc1C. The fraction of sp³-hybridized carbons (Fsp3) is 0.462. The van der Waals surface area contributed by atoms with Crippen LogP contribution in [0.3, 0.4) is 0 Å². The molecule has 1 aliphatic rings. The quantitative estimate of drug-likeness (QED) is 0.811. The molecule has 0 radical (unpaired) electrons. The van der Waals surface area contributed by atoms with Crippen LogP contribution in [0.1, 0.15) is 35.0 Å². The first-order valence-electron chi connectivity index (χ1n) is 5.82. The van der Waals surface area contributed by atoms with Crippen LogP contribution in [0.25, 0.3) is 11.0 Å². The maximum absolute atomic E-state index is 4.72. The van der Waals surface area contributed by atoms with Crippen molar-refractivity contribution in [3.05, 3.63) is 29.1 Å². The van der Waals surface area contributed by atoms with Gasteiger partial charge in [-0.15, -0.1) is 0 Å². The fourth-order valence-electron chi connectivity index (χ4n) is 2.24. The number of aromatic amines is 1. The second-order valence-corrected chi connectivity index (χ2v) is 5.89. The molecule has 3 heteroatoms. The summed E-state index contributed by atoms with van der Waals surface area (Å²) in [7, 11) is 0. The predicted octanol–water partition coefficient (Wildman–Crippen LogP) is 3.75. The number of thioether (sulfide) groups is 1. The number of nitrogens with zero attached hydrogens (tertiary/aromatic N) is 1. The zero-order valence-electron chi connectivity index (χ0n) is 9.71. The molecule has 2 nitrogen and oxygen atoms in total. The predicted molar refractivity (Wildman–Crippen MR) is 70.0 cm³/mol. The second-order valence-electron chi connectivity index (χ2n) is 4.58. The average Bonchev–Trinajstić information content (AvgIpc) is 2.86. The highest BCUT2D eigenvalue weighted by atomic mass is 32.2. The highest BCUT2D eigenvalue weighted by molar-refractivity contribution is 7.99. The number of hydrogen-bond acceptors (Lipinski definition) is 2. The van der Waals surface area contributed by atoms with Crippen LogP contribution in [0.4, 0.5) is 0 Å². The van der Waals surface area contributed by atoms with E-state index in [0.29, 0.717) is 5.25 Å². The third kappa shape index (κ3) is 1.63. The fourth-order valence-corrected chi connectivity index (χ4v) is 3.46. The van der Waals surface area contributed by atoms with Crippen LogP contribution in [-0.4, -0.2) is 15.7 Å². The van der Waals surface area contributed by atoms with E-state index in [1.165, 1.54) is 41.1 Å². The molecule has 1 aromatic carbocycles. The van der Waals surface area contributed by atoms with E-state index in [-0.39, 0.29) is 0 Å². The van der Waals surface area contributed by atoms with Gasteiger partial charge in [0.2, 0.25) is 0 Å². The molecule has 2 heterocycles. The minimum Gasteiger partial charge on any atom is -0.341 e. The van der Waals surface area contributed by atoms with Gasteiger partial charge in [0, 0.05) is 0 Å². The minimum atomic E-state index is 0.591. The summed E-state index contributed by atoms with van der Waals surface area (Å²) in [6.07, 6.45) is 2.59. The van der Waals surface area contributed by atoms with Crippen LogP contribution >= 0.6 is 11.8 Å². The van der Waals surface area contributed by atoms with Gasteiger partial charge in [-0.1, -0.05) is 0 Å². The number of aryl methyl sites for hydroxylation is 2. The first kappa shape index (κ1) is 10.2. The number of H-pyrrole nitrogens is 1. The summed E-state index contributed by atoms with van der Waals surface area (Å²) >= 11 is 2.03. The normalized spacial score (nSPS) is 20.8. The molecule has 1 unspecified atom stereocenters. The van der Waals surface area contributed by atoms with Gasteiger partial charge in [0.25, 0.3) is 0 Å². The lowest BCUT2D eigenvalue weighted by Crippen LogP contribution is -1.90. The molecule has 1 fully saturated rings. The first-order chi connectivity index (χ1) is 7.74. The first-order valence-corrected chi connectivity index (χ1v) is 6.87. The summed E-state index contributed by atoms with van der Waals surface area (Å²) in [5.74, 6) is 2.45. The Morgan fingerprint density at radius 1 is 1.31 bits per heavy atom. The van der Waals surface area contributed by atoms with Crippen LogP contribution in [-0.2, 0) is 0 Å². The lowest BCUT2D eigenvalue weighted by molar-refractivity contribution is 0.793.